The van der Waals surface area contributed by atoms with Crippen molar-refractivity contribution < 1.29 is 9.15 Å². The van der Waals surface area contributed by atoms with E-state index >= 15 is 0 Å². The number of aryl methyl sites for hydroxylation is 1. The fraction of sp³-hybridized carbons (Fsp3) is 0.300. The molecule has 0 saturated carbocycles. The number of aromatic nitrogens is 2. The second-order valence-electron chi connectivity index (χ2n) is 9.56. The van der Waals surface area contributed by atoms with E-state index in [9.17, 15) is 0 Å². The Morgan fingerprint density at radius 1 is 0.971 bits per heavy atom. The molecular formula is C30H31N3O2. The first-order valence-corrected chi connectivity index (χ1v) is 12.6. The molecule has 0 atom stereocenters. The monoisotopic (exact) mass is 465 g/mol. The van der Waals surface area contributed by atoms with Gasteiger partial charge in [0.2, 0.25) is 0 Å². The lowest BCUT2D eigenvalue weighted by Gasteiger charge is -2.32. The Balaban J connectivity index is 1.01. The first-order chi connectivity index (χ1) is 17.2. The molecule has 0 spiro atoms. The van der Waals surface area contributed by atoms with Crippen LogP contribution in [0.5, 0.6) is 5.75 Å². The number of hydrogen-bond donors (Lipinski definition) is 0. The first kappa shape index (κ1) is 21.9. The van der Waals surface area contributed by atoms with Gasteiger partial charge in [-0.1, -0.05) is 48.5 Å². The van der Waals surface area contributed by atoms with Crippen molar-refractivity contribution in [3.8, 4) is 17.3 Å². The smallest absolute Gasteiger partial charge is 0.175 e. The fourth-order valence-corrected chi connectivity index (χ4v) is 5.30. The molecule has 2 aromatic heterocycles. The van der Waals surface area contributed by atoms with Crippen LogP contribution in [0.25, 0.3) is 33.3 Å². The predicted octanol–water partition coefficient (Wildman–Crippen LogP) is 6.64. The number of ether oxygens (including phenoxy) is 1. The summed E-state index contributed by atoms with van der Waals surface area (Å²) >= 11 is 0. The molecule has 1 fully saturated rings. The highest BCUT2D eigenvalue weighted by molar-refractivity contribution is 5.87. The molecule has 0 radical (unpaired) electrons. The molecule has 1 aliphatic rings. The Hall–Kier alpha value is -3.57. The van der Waals surface area contributed by atoms with Gasteiger partial charge in [0.1, 0.15) is 11.3 Å². The van der Waals surface area contributed by atoms with Crippen molar-refractivity contribution >= 4 is 21.7 Å². The van der Waals surface area contributed by atoms with Crippen LogP contribution >= 0.6 is 0 Å². The van der Waals surface area contributed by atoms with E-state index in [0.717, 1.165) is 54.4 Å². The minimum Gasteiger partial charge on any atom is -0.493 e. The molecule has 5 nitrogen and oxygen atoms in total. The van der Waals surface area contributed by atoms with Crippen LogP contribution in [-0.4, -0.2) is 40.7 Å². The summed E-state index contributed by atoms with van der Waals surface area (Å²) < 4.78 is 14.2. The molecule has 0 aliphatic carbocycles. The van der Waals surface area contributed by atoms with Gasteiger partial charge in [-0.15, -0.1) is 0 Å². The summed E-state index contributed by atoms with van der Waals surface area (Å²) in [7, 11) is 1.97. The number of nitrogens with zero attached hydrogens (tertiary/aromatic N) is 3. The third-order valence-electron chi connectivity index (χ3n) is 7.27. The molecule has 178 valence electrons. The number of fused-ring (bicyclic) bond motifs is 2. The molecule has 0 unspecified atom stereocenters. The van der Waals surface area contributed by atoms with Crippen molar-refractivity contribution in [1.82, 2.24) is 14.5 Å². The summed E-state index contributed by atoms with van der Waals surface area (Å²) in [4.78, 5) is 6.98. The number of likely N-dealkylation sites (tertiary alicyclic amines) is 1. The van der Waals surface area contributed by atoms with E-state index in [1.165, 1.54) is 29.2 Å². The highest BCUT2D eigenvalue weighted by atomic mass is 16.5. The van der Waals surface area contributed by atoms with Gasteiger partial charge < -0.3 is 18.6 Å². The number of rotatable bonds is 7. The molecule has 3 heterocycles. The largest absolute Gasteiger partial charge is 0.493 e. The molecule has 5 aromatic rings. The second-order valence-corrected chi connectivity index (χ2v) is 9.56. The van der Waals surface area contributed by atoms with Crippen LogP contribution in [0.4, 0.5) is 0 Å². The van der Waals surface area contributed by atoms with E-state index in [1.807, 2.05) is 42.1 Å². The average molecular weight is 466 g/mol. The summed E-state index contributed by atoms with van der Waals surface area (Å²) in [5.74, 6) is 3.12. The Kier molecular flexibility index (Phi) is 6.01. The first-order valence-electron chi connectivity index (χ1n) is 12.6. The Morgan fingerprint density at radius 3 is 2.66 bits per heavy atom. The minimum atomic E-state index is 0.665. The van der Waals surface area contributed by atoms with Gasteiger partial charge in [-0.05, 0) is 72.8 Å². The van der Waals surface area contributed by atoms with Crippen LogP contribution < -0.4 is 4.74 Å². The van der Waals surface area contributed by atoms with Gasteiger partial charge in [-0.2, -0.15) is 0 Å². The van der Waals surface area contributed by atoms with Crippen LogP contribution in [-0.2, 0) is 7.05 Å². The van der Waals surface area contributed by atoms with Crippen LogP contribution in [0.15, 0.2) is 83.5 Å². The van der Waals surface area contributed by atoms with Crippen molar-refractivity contribution in [3.05, 3.63) is 84.7 Å². The summed E-state index contributed by atoms with van der Waals surface area (Å²) in [5, 5.41) is 3.68. The van der Waals surface area contributed by atoms with Crippen molar-refractivity contribution in [1.29, 1.82) is 0 Å². The minimum absolute atomic E-state index is 0.665. The van der Waals surface area contributed by atoms with Gasteiger partial charge in [0.15, 0.2) is 11.6 Å². The van der Waals surface area contributed by atoms with E-state index in [0.29, 0.717) is 12.5 Å². The highest BCUT2D eigenvalue weighted by Gasteiger charge is 2.20. The fourth-order valence-electron chi connectivity index (χ4n) is 5.30. The maximum absolute atomic E-state index is 6.19. The highest BCUT2D eigenvalue weighted by Crippen LogP contribution is 2.33. The Morgan fingerprint density at radius 2 is 1.83 bits per heavy atom. The second kappa shape index (κ2) is 9.59. The maximum atomic E-state index is 6.19. The zero-order chi connectivity index (χ0) is 23.6. The number of furan rings is 1. The lowest BCUT2D eigenvalue weighted by molar-refractivity contribution is 0.193. The van der Waals surface area contributed by atoms with Crippen LogP contribution in [0, 0.1) is 0 Å². The molecule has 0 amide bonds. The topological polar surface area (TPSA) is 43.4 Å². The quantitative estimate of drug-likeness (QED) is 0.253. The summed E-state index contributed by atoms with van der Waals surface area (Å²) in [6, 6.07) is 23.7. The van der Waals surface area contributed by atoms with Crippen molar-refractivity contribution in [2.75, 3.05) is 26.2 Å². The predicted molar refractivity (Wildman–Crippen MR) is 141 cm³/mol. The van der Waals surface area contributed by atoms with Crippen molar-refractivity contribution in [2.24, 2.45) is 7.05 Å². The Bertz CT molecular complexity index is 1440. The lowest BCUT2D eigenvalue weighted by atomic mass is 9.88. The van der Waals surface area contributed by atoms with Gasteiger partial charge in [0, 0.05) is 26.0 Å². The van der Waals surface area contributed by atoms with Crippen LogP contribution in [0.1, 0.15) is 30.7 Å². The van der Waals surface area contributed by atoms with Crippen molar-refractivity contribution in [3.63, 3.8) is 0 Å². The normalized spacial score (nSPS) is 15.2. The standard InChI is InChI=1S/C30H31N3O2/c1-32-18-14-31-30(32)29-21-26-27(8-4-9-28(26)35-29)34-19-5-15-33-16-12-23(13-17-33)25-11-10-22-6-2-3-7-24(22)20-25/h2-4,6-11,14,18,20-21,23H,5,12-13,15-17,19H2,1H3. The maximum Gasteiger partial charge on any atom is 0.175 e. The summed E-state index contributed by atoms with van der Waals surface area (Å²) in [6.45, 7) is 4.08. The zero-order valence-electron chi connectivity index (χ0n) is 20.2. The van der Waals surface area contributed by atoms with E-state index in [2.05, 4.69) is 52.3 Å². The molecule has 1 aliphatic heterocycles. The molecule has 1 saturated heterocycles. The van der Waals surface area contributed by atoms with Crippen LogP contribution in [0.3, 0.4) is 0 Å². The Labute approximate surface area is 205 Å². The SMILES string of the molecule is Cn1ccnc1-c1cc2c(OCCCN3CCC(c4ccc5ccccc5c4)CC3)cccc2o1. The third kappa shape index (κ3) is 4.56. The van der Waals surface area contributed by atoms with Gasteiger partial charge in [0.05, 0.1) is 12.0 Å². The number of hydrogen-bond acceptors (Lipinski definition) is 4. The number of benzene rings is 3. The third-order valence-corrected chi connectivity index (χ3v) is 7.27. The van der Waals surface area contributed by atoms with E-state index < -0.39 is 0 Å². The number of imidazole rings is 1. The van der Waals surface area contributed by atoms with E-state index in [1.54, 1.807) is 6.20 Å². The van der Waals surface area contributed by atoms with Crippen molar-refractivity contribution in [2.45, 2.75) is 25.2 Å². The molecular weight excluding hydrogens is 434 g/mol. The summed E-state index contributed by atoms with van der Waals surface area (Å²) in [6.07, 6.45) is 7.17. The molecule has 0 N–H and O–H groups in total. The molecule has 3 aromatic carbocycles. The summed E-state index contributed by atoms with van der Waals surface area (Å²) in [5.41, 5.74) is 2.32. The lowest BCUT2D eigenvalue weighted by Crippen LogP contribution is -2.34. The average Bonchev–Trinajstić information content (AvgIpc) is 3.53. The molecule has 6 rings (SSSR count). The van der Waals surface area contributed by atoms with Gasteiger partial charge in [0.25, 0.3) is 0 Å². The molecule has 5 heteroatoms. The molecule has 35 heavy (non-hydrogen) atoms. The van der Waals surface area contributed by atoms with Crippen LogP contribution in [0.2, 0.25) is 0 Å². The number of piperidine rings is 1. The van der Waals surface area contributed by atoms with E-state index in [-0.39, 0.29) is 0 Å². The van der Waals surface area contributed by atoms with Gasteiger partial charge >= 0.3 is 0 Å². The zero-order valence-corrected chi connectivity index (χ0v) is 20.2. The molecule has 0 bridgehead atoms. The van der Waals surface area contributed by atoms with E-state index in [4.69, 9.17) is 9.15 Å². The van der Waals surface area contributed by atoms with Gasteiger partial charge in [-0.3, -0.25) is 0 Å². The van der Waals surface area contributed by atoms with Gasteiger partial charge in [-0.25, -0.2) is 4.98 Å².